The van der Waals surface area contributed by atoms with Crippen molar-refractivity contribution >= 4 is 18.5 Å². The van der Waals surface area contributed by atoms with E-state index in [4.69, 9.17) is 0 Å². The largest absolute Gasteiger partial charge is 0.355 e. The van der Waals surface area contributed by atoms with Crippen LogP contribution in [-0.2, 0) is 17.6 Å². The fourth-order valence-corrected chi connectivity index (χ4v) is 2.79. The first-order chi connectivity index (χ1) is 9.72. The van der Waals surface area contributed by atoms with E-state index in [1.54, 1.807) is 0 Å². The third kappa shape index (κ3) is 2.88. The predicted octanol–water partition coefficient (Wildman–Crippen LogP) is 2.97. The number of benzene rings is 2. The summed E-state index contributed by atoms with van der Waals surface area (Å²) in [4.78, 5) is 12.8. The van der Waals surface area contributed by atoms with Crippen molar-refractivity contribution in [3.05, 3.63) is 65.2 Å². The zero-order valence-corrected chi connectivity index (χ0v) is 12.1. The Morgan fingerprint density at radius 2 is 1.90 bits per heavy atom. The molecule has 0 fully saturated rings. The molecule has 2 nitrogen and oxygen atoms in total. The second kappa shape index (κ2) is 5.71. The Balaban J connectivity index is 1.50. The zero-order valence-electron chi connectivity index (χ0n) is 11.2. The minimum absolute atomic E-state index is 0.0845. The van der Waals surface area contributed by atoms with Crippen molar-refractivity contribution in [1.29, 1.82) is 0 Å². The number of hydrogen-bond acceptors (Lipinski definition) is 2. The number of thiol groups is 1. The SMILES string of the molecule is O=C(Cc1ccc(S)cc1)NCC1Cc2ccccc21. The summed E-state index contributed by atoms with van der Waals surface area (Å²) in [5.74, 6) is 0.566. The van der Waals surface area contributed by atoms with Gasteiger partial charge in [-0.15, -0.1) is 12.6 Å². The molecule has 2 aromatic carbocycles. The summed E-state index contributed by atoms with van der Waals surface area (Å²) in [5.41, 5.74) is 3.82. The summed E-state index contributed by atoms with van der Waals surface area (Å²) in [6.45, 7) is 0.737. The fourth-order valence-electron chi connectivity index (χ4n) is 2.64. The van der Waals surface area contributed by atoms with Gasteiger partial charge in [0.15, 0.2) is 0 Å². The molecule has 20 heavy (non-hydrogen) atoms. The van der Waals surface area contributed by atoms with Crippen LogP contribution in [0.2, 0.25) is 0 Å². The van der Waals surface area contributed by atoms with Crippen LogP contribution in [0.3, 0.4) is 0 Å². The molecule has 0 spiro atoms. The second-order valence-electron chi connectivity index (χ2n) is 5.25. The lowest BCUT2D eigenvalue weighted by molar-refractivity contribution is -0.120. The van der Waals surface area contributed by atoms with E-state index in [0.717, 1.165) is 23.4 Å². The topological polar surface area (TPSA) is 29.1 Å². The lowest BCUT2D eigenvalue weighted by Crippen LogP contribution is -2.33. The second-order valence-corrected chi connectivity index (χ2v) is 5.76. The molecular weight excluding hydrogens is 266 g/mol. The van der Waals surface area contributed by atoms with Gasteiger partial charge in [-0.3, -0.25) is 4.79 Å². The van der Waals surface area contributed by atoms with Crippen LogP contribution in [0.5, 0.6) is 0 Å². The minimum atomic E-state index is 0.0845. The summed E-state index contributed by atoms with van der Waals surface area (Å²) >= 11 is 4.24. The van der Waals surface area contributed by atoms with Crippen LogP contribution in [0.4, 0.5) is 0 Å². The number of amides is 1. The molecule has 1 atom stereocenters. The first-order valence-electron chi connectivity index (χ1n) is 6.85. The normalized spacial score (nSPS) is 16.1. The van der Waals surface area contributed by atoms with E-state index in [1.165, 1.54) is 11.1 Å². The molecule has 1 amide bonds. The number of carbonyl (C=O) groups excluding carboxylic acids is 1. The highest BCUT2D eigenvalue weighted by molar-refractivity contribution is 7.80. The molecule has 2 aromatic rings. The number of fused-ring (bicyclic) bond motifs is 1. The molecule has 3 rings (SSSR count). The maximum atomic E-state index is 11.9. The van der Waals surface area contributed by atoms with Gasteiger partial charge in [-0.2, -0.15) is 0 Å². The van der Waals surface area contributed by atoms with Crippen LogP contribution in [0.25, 0.3) is 0 Å². The number of nitrogens with one attached hydrogen (secondary N) is 1. The lowest BCUT2D eigenvalue weighted by atomic mass is 9.77. The van der Waals surface area contributed by atoms with Gasteiger partial charge < -0.3 is 5.32 Å². The molecule has 102 valence electrons. The Hall–Kier alpha value is -1.74. The van der Waals surface area contributed by atoms with Gasteiger partial charge in [0.2, 0.25) is 5.91 Å². The molecule has 1 aliphatic rings. The fraction of sp³-hybridized carbons (Fsp3) is 0.235. The smallest absolute Gasteiger partial charge is 0.224 e. The van der Waals surface area contributed by atoms with E-state index in [0.29, 0.717) is 12.3 Å². The van der Waals surface area contributed by atoms with E-state index in [9.17, 15) is 4.79 Å². The van der Waals surface area contributed by atoms with Crippen LogP contribution in [0.1, 0.15) is 22.6 Å². The van der Waals surface area contributed by atoms with Crippen LogP contribution < -0.4 is 5.32 Å². The van der Waals surface area contributed by atoms with Crippen LogP contribution in [0, 0.1) is 0 Å². The monoisotopic (exact) mass is 283 g/mol. The van der Waals surface area contributed by atoms with E-state index in [2.05, 4.69) is 42.2 Å². The van der Waals surface area contributed by atoms with Gasteiger partial charge in [-0.25, -0.2) is 0 Å². The summed E-state index contributed by atoms with van der Waals surface area (Å²) in [6.07, 6.45) is 1.51. The Kier molecular flexibility index (Phi) is 3.79. The first-order valence-corrected chi connectivity index (χ1v) is 7.29. The Morgan fingerprint density at radius 1 is 1.15 bits per heavy atom. The molecule has 0 heterocycles. The third-order valence-corrected chi connectivity index (χ3v) is 4.11. The highest BCUT2D eigenvalue weighted by Crippen LogP contribution is 2.33. The zero-order chi connectivity index (χ0) is 13.9. The van der Waals surface area contributed by atoms with Gasteiger partial charge in [0.25, 0.3) is 0 Å². The summed E-state index contributed by atoms with van der Waals surface area (Å²) in [5, 5.41) is 3.03. The molecule has 0 saturated heterocycles. The van der Waals surface area contributed by atoms with Gasteiger partial charge in [0.05, 0.1) is 6.42 Å². The van der Waals surface area contributed by atoms with Crippen molar-refractivity contribution in [3.8, 4) is 0 Å². The van der Waals surface area contributed by atoms with Crippen LogP contribution in [0.15, 0.2) is 53.4 Å². The van der Waals surface area contributed by atoms with E-state index >= 15 is 0 Å². The average Bonchev–Trinajstić information content (AvgIpc) is 2.42. The molecule has 1 aliphatic carbocycles. The first kappa shape index (κ1) is 13.3. The van der Waals surface area contributed by atoms with E-state index in [1.807, 2.05) is 24.3 Å². The van der Waals surface area contributed by atoms with Gasteiger partial charge in [0.1, 0.15) is 0 Å². The Morgan fingerprint density at radius 3 is 2.65 bits per heavy atom. The van der Waals surface area contributed by atoms with E-state index < -0.39 is 0 Å². The van der Waals surface area contributed by atoms with Crippen LogP contribution >= 0.6 is 12.6 Å². The van der Waals surface area contributed by atoms with Crippen molar-refractivity contribution in [2.75, 3.05) is 6.54 Å². The molecule has 0 bridgehead atoms. The molecular formula is C17H17NOS. The molecule has 0 aliphatic heterocycles. The molecule has 0 aromatic heterocycles. The van der Waals surface area contributed by atoms with Crippen molar-refractivity contribution in [2.45, 2.75) is 23.7 Å². The minimum Gasteiger partial charge on any atom is -0.355 e. The molecule has 3 heteroatoms. The van der Waals surface area contributed by atoms with Gasteiger partial charge in [-0.05, 0) is 35.2 Å². The Labute approximate surface area is 124 Å². The van der Waals surface area contributed by atoms with Gasteiger partial charge in [-0.1, -0.05) is 36.4 Å². The standard InChI is InChI=1S/C17H17NOS/c19-17(9-12-5-7-15(20)8-6-12)18-11-14-10-13-3-1-2-4-16(13)14/h1-8,14,20H,9-11H2,(H,18,19). The number of rotatable bonds is 4. The molecule has 0 saturated carbocycles. The third-order valence-electron chi connectivity index (χ3n) is 3.81. The maximum Gasteiger partial charge on any atom is 0.224 e. The Bertz CT molecular complexity index is 621. The molecule has 1 N–H and O–H groups in total. The lowest BCUT2D eigenvalue weighted by Gasteiger charge is -2.30. The van der Waals surface area contributed by atoms with Gasteiger partial charge in [0, 0.05) is 17.4 Å². The average molecular weight is 283 g/mol. The summed E-state index contributed by atoms with van der Waals surface area (Å²) in [7, 11) is 0. The summed E-state index contributed by atoms with van der Waals surface area (Å²) in [6, 6.07) is 16.2. The number of hydrogen-bond donors (Lipinski definition) is 2. The van der Waals surface area contributed by atoms with Crippen LogP contribution in [-0.4, -0.2) is 12.5 Å². The van der Waals surface area contributed by atoms with Crippen molar-refractivity contribution in [2.24, 2.45) is 0 Å². The van der Waals surface area contributed by atoms with Crippen molar-refractivity contribution in [3.63, 3.8) is 0 Å². The maximum absolute atomic E-state index is 11.9. The quantitative estimate of drug-likeness (QED) is 0.830. The highest BCUT2D eigenvalue weighted by atomic mass is 32.1. The molecule has 0 radical (unpaired) electrons. The molecule has 1 unspecified atom stereocenters. The number of carbonyl (C=O) groups is 1. The van der Waals surface area contributed by atoms with Crippen molar-refractivity contribution in [1.82, 2.24) is 5.32 Å². The van der Waals surface area contributed by atoms with Gasteiger partial charge >= 0.3 is 0 Å². The summed E-state index contributed by atoms with van der Waals surface area (Å²) < 4.78 is 0. The van der Waals surface area contributed by atoms with Crippen molar-refractivity contribution < 1.29 is 4.79 Å². The predicted molar refractivity (Wildman–Crippen MR) is 83.3 cm³/mol. The van der Waals surface area contributed by atoms with E-state index in [-0.39, 0.29) is 5.91 Å². The highest BCUT2D eigenvalue weighted by Gasteiger charge is 2.25.